The van der Waals surface area contributed by atoms with E-state index in [0.29, 0.717) is 6.54 Å². The number of hydrogen-bond donors (Lipinski definition) is 2. The highest BCUT2D eigenvalue weighted by Gasteiger charge is 2.08. The van der Waals surface area contributed by atoms with Crippen LogP contribution in [-0.4, -0.2) is 63.3 Å². The average molecular weight is 255 g/mol. The van der Waals surface area contributed by atoms with E-state index in [1.54, 1.807) is 0 Å². The number of carbonyl (C=O) groups is 1. The first-order chi connectivity index (χ1) is 8.83. The molecule has 5 nitrogen and oxygen atoms in total. The Labute approximate surface area is 110 Å². The summed E-state index contributed by atoms with van der Waals surface area (Å²) in [5, 5.41) is 6.08. The first kappa shape index (κ1) is 15.1. The summed E-state index contributed by atoms with van der Waals surface area (Å²) in [5.41, 5.74) is 0. The van der Waals surface area contributed by atoms with E-state index in [2.05, 4.69) is 22.1 Å². The number of nitrogens with one attached hydrogen (secondary N) is 2. The third-order valence-electron chi connectivity index (χ3n) is 2.96. The van der Waals surface area contributed by atoms with Gasteiger partial charge in [0.25, 0.3) is 0 Å². The number of hydrogen-bond acceptors (Lipinski definition) is 4. The molecular weight excluding hydrogens is 230 g/mol. The summed E-state index contributed by atoms with van der Waals surface area (Å²) in [6.45, 7) is 11.1. The molecule has 1 amide bonds. The predicted octanol–water partition coefficient (Wildman–Crippen LogP) is -0.00940. The van der Waals surface area contributed by atoms with Crippen molar-refractivity contribution in [1.29, 1.82) is 0 Å². The molecule has 1 fully saturated rings. The van der Waals surface area contributed by atoms with Gasteiger partial charge in [-0.05, 0) is 18.9 Å². The van der Waals surface area contributed by atoms with E-state index in [1.165, 1.54) is 6.08 Å². The van der Waals surface area contributed by atoms with Crippen molar-refractivity contribution < 1.29 is 9.53 Å². The van der Waals surface area contributed by atoms with Crippen molar-refractivity contribution in [1.82, 2.24) is 15.5 Å². The number of nitrogens with zero attached hydrogens (tertiary/aromatic N) is 1. The summed E-state index contributed by atoms with van der Waals surface area (Å²) in [6.07, 6.45) is 3.23. The van der Waals surface area contributed by atoms with Crippen LogP contribution in [0.2, 0.25) is 0 Å². The third-order valence-corrected chi connectivity index (χ3v) is 2.96. The van der Waals surface area contributed by atoms with E-state index in [4.69, 9.17) is 4.74 Å². The normalized spacial score (nSPS) is 16.4. The summed E-state index contributed by atoms with van der Waals surface area (Å²) in [5.74, 6) is -0.102. The van der Waals surface area contributed by atoms with Crippen molar-refractivity contribution in [3.63, 3.8) is 0 Å². The Bertz CT molecular complexity index is 240. The number of carbonyl (C=O) groups excluding carboxylic acids is 1. The Balaban J connectivity index is 1.80. The zero-order valence-corrected chi connectivity index (χ0v) is 11.1. The van der Waals surface area contributed by atoms with Crippen LogP contribution < -0.4 is 10.6 Å². The fourth-order valence-corrected chi connectivity index (χ4v) is 1.84. The standard InChI is InChI=1S/C13H25N3O2/c1-2-13(17)15-5-3-4-11-18-12-10-16-8-6-14-7-9-16/h2,14H,1,3-12H2,(H,15,17). The predicted molar refractivity (Wildman–Crippen MR) is 72.6 cm³/mol. The SMILES string of the molecule is C=CC(=O)NCCCCOCCN1CCNCC1. The van der Waals surface area contributed by atoms with Crippen molar-refractivity contribution in [3.8, 4) is 0 Å². The van der Waals surface area contributed by atoms with E-state index in [0.717, 1.165) is 58.8 Å². The molecule has 1 aliphatic rings. The van der Waals surface area contributed by atoms with Crippen molar-refractivity contribution in [2.24, 2.45) is 0 Å². The fourth-order valence-electron chi connectivity index (χ4n) is 1.84. The van der Waals surface area contributed by atoms with Crippen LogP contribution in [0.15, 0.2) is 12.7 Å². The number of piperazine rings is 1. The zero-order chi connectivity index (χ0) is 13.1. The molecule has 0 radical (unpaired) electrons. The van der Waals surface area contributed by atoms with Crippen LogP contribution in [0.1, 0.15) is 12.8 Å². The molecule has 104 valence electrons. The fraction of sp³-hybridized carbons (Fsp3) is 0.769. The van der Waals surface area contributed by atoms with Gasteiger partial charge < -0.3 is 15.4 Å². The van der Waals surface area contributed by atoms with Crippen LogP contribution in [-0.2, 0) is 9.53 Å². The van der Waals surface area contributed by atoms with Gasteiger partial charge in [-0.15, -0.1) is 0 Å². The number of ether oxygens (including phenoxy) is 1. The number of rotatable bonds is 9. The highest BCUT2D eigenvalue weighted by atomic mass is 16.5. The molecule has 1 aliphatic heterocycles. The lowest BCUT2D eigenvalue weighted by atomic mass is 10.3. The topological polar surface area (TPSA) is 53.6 Å². The van der Waals surface area contributed by atoms with Gasteiger partial charge in [-0.25, -0.2) is 0 Å². The number of unbranched alkanes of at least 4 members (excludes halogenated alkanes) is 1. The molecule has 0 aliphatic carbocycles. The molecule has 1 heterocycles. The molecule has 0 saturated carbocycles. The van der Waals surface area contributed by atoms with Gasteiger partial charge in [0.05, 0.1) is 6.61 Å². The molecular formula is C13H25N3O2. The molecule has 0 spiro atoms. The van der Waals surface area contributed by atoms with Crippen LogP contribution in [0.3, 0.4) is 0 Å². The van der Waals surface area contributed by atoms with Crippen molar-refractivity contribution in [3.05, 3.63) is 12.7 Å². The molecule has 0 aromatic rings. The van der Waals surface area contributed by atoms with Gasteiger partial charge in [0.15, 0.2) is 0 Å². The third kappa shape index (κ3) is 7.42. The second-order valence-corrected chi connectivity index (χ2v) is 4.41. The van der Waals surface area contributed by atoms with Gasteiger partial charge >= 0.3 is 0 Å². The molecule has 0 aromatic carbocycles. The summed E-state index contributed by atoms with van der Waals surface area (Å²) < 4.78 is 5.57. The van der Waals surface area contributed by atoms with Crippen LogP contribution >= 0.6 is 0 Å². The summed E-state index contributed by atoms with van der Waals surface area (Å²) in [6, 6.07) is 0. The lowest BCUT2D eigenvalue weighted by Gasteiger charge is -2.26. The monoisotopic (exact) mass is 255 g/mol. The van der Waals surface area contributed by atoms with E-state index >= 15 is 0 Å². The van der Waals surface area contributed by atoms with Gasteiger partial charge in [0.2, 0.25) is 5.91 Å². The highest BCUT2D eigenvalue weighted by Crippen LogP contribution is 1.93. The molecule has 0 bridgehead atoms. The maximum absolute atomic E-state index is 10.9. The lowest BCUT2D eigenvalue weighted by Crippen LogP contribution is -2.44. The Morgan fingerprint density at radius 2 is 2.11 bits per heavy atom. The van der Waals surface area contributed by atoms with Gasteiger partial charge in [0.1, 0.15) is 0 Å². The van der Waals surface area contributed by atoms with Crippen molar-refractivity contribution >= 4 is 5.91 Å². The molecule has 1 rings (SSSR count). The van der Waals surface area contributed by atoms with Crippen LogP contribution in [0.5, 0.6) is 0 Å². The summed E-state index contributed by atoms with van der Waals surface area (Å²) in [4.78, 5) is 13.3. The minimum absolute atomic E-state index is 0.102. The second-order valence-electron chi connectivity index (χ2n) is 4.41. The minimum Gasteiger partial charge on any atom is -0.380 e. The second kappa shape index (κ2) is 10.1. The van der Waals surface area contributed by atoms with Crippen molar-refractivity contribution in [2.75, 3.05) is 52.5 Å². The van der Waals surface area contributed by atoms with E-state index in [-0.39, 0.29) is 5.91 Å². The van der Waals surface area contributed by atoms with E-state index < -0.39 is 0 Å². The van der Waals surface area contributed by atoms with E-state index in [1.807, 2.05) is 0 Å². The zero-order valence-electron chi connectivity index (χ0n) is 11.1. The maximum atomic E-state index is 10.9. The Kier molecular flexibility index (Phi) is 8.46. The molecule has 0 aromatic heterocycles. The molecule has 1 saturated heterocycles. The smallest absolute Gasteiger partial charge is 0.243 e. The minimum atomic E-state index is -0.102. The van der Waals surface area contributed by atoms with Crippen LogP contribution in [0, 0.1) is 0 Å². The first-order valence-corrected chi connectivity index (χ1v) is 6.74. The van der Waals surface area contributed by atoms with Gasteiger partial charge in [0, 0.05) is 45.9 Å². The average Bonchev–Trinajstić information content (AvgIpc) is 2.42. The molecule has 0 unspecified atom stereocenters. The highest BCUT2D eigenvalue weighted by molar-refractivity contribution is 5.86. The molecule has 5 heteroatoms. The lowest BCUT2D eigenvalue weighted by molar-refractivity contribution is -0.116. The Morgan fingerprint density at radius 3 is 2.83 bits per heavy atom. The Hall–Kier alpha value is -0.910. The van der Waals surface area contributed by atoms with Crippen molar-refractivity contribution in [2.45, 2.75) is 12.8 Å². The van der Waals surface area contributed by atoms with Gasteiger partial charge in [-0.1, -0.05) is 6.58 Å². The summed E-state index contributed by atoms with van der Waals surface area (Å²) in [7, 11) is 0. The summed E-state index contributed by atoms with van der Waals surface area (Å²) >= 11 is 0. The quantitative estimate of drug-likeness (QED) is 0.449. The van der Waals surface area contributed by atoms with Crippen LogP contribution in [0.4, 0.5) is 0 Å². The largest absolute Gasteiger partial charge is 0.380 e. The van der Waals surface area contributed by atoms with E-state index in [9.17, 15) is 4.79 Å². The molecule has 2 N–H and O–H groups in total. The molecule has 18 heavy (non-hydrogen) atoms. The van der Waals surface area contributed by atoms with Crippen LogP contribution in [0.25, 0.3) is 0 Å². The first-order valence-electron chi connectivity index (χ1n) is 6.74. The number of amides is 1. The Morgan fingerprint density at radius 1 is 1.33 bits per heavy atom. The van der Waals surface area contributed by atoms with Gasteiger partial charge in [-0.3, -0.25) is 9.69 Å². The maximum Gasteiger partial charge on any atom is 0.243 e. The molecule has 0 atom stereocenters. The van der Waals surface area contributed by atoms with Gasteiger partial charge in [-0.2, -0.15) is 0 Å².